The third-order valence-electron chi connectivity index (χ3n) is 6.56. The van der Waals surface area contributed by atoms with Gasteiger partial charge in [0.2, 0.25) is 0 Å². The molecule has 3 rings (SSSR count). The number of fused-ring (bicyclic) bond motifs is 1. The van der Waals surface area contributed by atoms with Crippen molar-refractivity contribution in [1.29, 1.82) is 0 Å². The molecule has 136 valence electrons. The van der Waals surface area contributed by atoms with Gasteiger partial charge < -0.3 is 5.11 Å². The van der Waals surface area contributed by atoms with E-state index in [1.807, 2.05) is 0 Å². The molecule has 1 saturated carbocycles. The molecule has 0 aromatic heterocycles. The summed E-state index contributed by atoms with van der Waals surface area (Å²) in [6.07, 6.45) is 10.6. The Bertz CT molecular complexity index is 720. The SMILES string of the molecule is Cc1cc(C(C)(C)C)c(O)c([Si](C)(C)C2C(C)CC3C=CC=CC32)c1. The quantitative estimate of drug-likeness (QED) is 0.677. The molecule has 0 saturated heterocycles. The van der Waals surface area contributed by atoms with Crippen molar-refractivity contribution in [2.75, 3.05) is 0 Å². The standard InChI is InChI=1S/C23H34OSi/c1-15-12-19(23(3,4)5)21(24)20(13-15)25(6,7)22-16(2)14-17-10-8-9-11-18(17)22/h8-13,16-18,22,24H,14H2,1-7H3. The summed E-state index contributed by atoms with van der Waals surface area (Å²) in [6, 6.07) is 4.45. The number of hydrogen-bond acceptors (Lipinski definition) is 1. The average molecular weight is 355 g/mol. The van der Waals surface area contributed by atoms with Crippen molar-refractivity contribution >= 4 is 13.3 Å². The topological polar surface area (TPSA) is 20.2 Å². The van der Waals surface area contributed by atoms with Crippen molar-refractivity contribution in [1.82, 2.24) is 0 Å². The smallest absolute Gasteiger partial charge is 0.118 e. The molecule has 1 fully saturated rings. The second-order valence-corrected chi connectivity index (χ2v) is 14.6. The maximum absolute atomic E-state index is 11.2. The molecule has 1 aromatic carbocycles. The Hall–Kier alpha value is -1.28. The largest absolute Gasteiger partial charge is 0.508 e. The van der Waals surface area contributed by atoms with Gasteiger partial charge in [0.15, 0.2) is 0 Å². The fourth-order valence-corrected chi connectivity index (χ4v) is 10.0. The van der Waals surface area contributed by atoms with Crippen molar-refractivity contribution < 1.29 is 5.11 Å². The van der Waals surface area contributed by atoms with Crippen molar-refractivity contribution in [2.24, 2.45) is 17.8 Å². The predicted molar refractivity (Wildman–Crippen MR) is 111 cm³/mol. The van der Waals surface area contributed by atoms with Crippen LogP contribution in [0.15, 0.2) is 36.4 Å². The van der Waals surface area contributed by atoms with E-state index in [9.17, 15) is 5.11 Å². The monoisotopic (exact) mass is 354 g/mol. The minimum absolute atomic E-state index is 0.0351. The first-order valence-corrected chi connectivity index (χ1v) is 12.8. The average Bonchev–Trinajstić information content (AvgIpc) is 2.84. The van der Waals surface area contributed by atoms with Crippen LogP contribution in [0.1, 0.15) is 45.2 Å². The highest BCUT2D eigenvalue weighted by molar-refractivity contribution is 6.91. The minimum Gasteiger partial charge on any atom is -0.508 e. The van der Waals surface area contributed by atoms with Gasteiger partial charge in [-0.05, 0) is 52.8 Å². The Morgan fingerprint density at radius 1 is 1.08 bits per heavy atom. The third kappa shape index (κ3) is 3.14. The lowest BCUT2D eigenvalue weighted by molar-refractivity contribution is 0.449. The van der Waals surface area contributed by atoms with E-state index in [2.05, 4.69) is 84.1 Å². The van der Waals surface area contributed by atoms with Gasteiger partial charge in [-0.2, -0.15) is 0 Å². The molecule has 0 spiro atoms. The molecule has 25 heavy (non-hydrogen) atoms. The van der Waals surface area contributed by atoms with Gasteiger partial charge >= 0.3 is 0 Å². The Balaban J connectivity index is 2.10. The van der Waals surface area contributed by atoms with Crippen molar-refractivity contribution in [3.63, 3.8) is 0 Å². The van der Waals surface area contributed by atoms with Crippen LogP contribution in [0.2, 0.25) is 18.6 Å². The van der Waals surface area contributed by atoms with E-state index in [4.69, 9.17) is 0 Å². The van der Waals surface area contributed by atoms with Crippen LogP contribution in [0.4, 0.5) is 0 Å². The molecule has 4 atom stereocenters. The summed E-state index contributed by atoms with van der Waals surface area (Å²) in [5.74, 6) is 2.60. The predicted octanol–water partition coefficient (Wildman–Crippen LogP) is 5.68. The van der Waals surface area contributed by atoms with Gasteiger partial charge in [-0.3, -0.25) is 0 Å². The highest BCUT2D eigenvalue weighted by Crippen LogP contribution is 2.53. The maximum Gasteiger partial charge on any atom is 0.118 e. The number of allylic oxidation sites excluding steroid dienone is 4. The van der Waals surface area contributed by atoms with E-state index in [-0.39, 0.29) is 5.41 Å². The van der Waals surface area contributed by atoms with Gasteiger partial charge in [0.05, 0.1) is 8.07 Å². The number of hydrogen-bond donors (Lipinski definition) is 1. The second-order valence-electron chi connectivity index (χ2n) is 9.93. The molecular formula is C23H34OSi. The zero-order valence-electron chi connectivity index (χ0n) is 16.9. The summed E-state index contributed by atoms with van der Waals surface area (Å²) in [5, 5.41) is 12.5. The molecular weight excluding hydrogens is 320 g/mol. The molecule has 0 amide bonds. The first kappa shape index (κ1) is 18.5. The van der Waals surface area contributed by atoms with Gasteiger partial charge in [-0.1, -0.05) is 82.8 Å². The molecule has 0 heterocycles. The molecule has 0 aliphatic heterocycles. The molecule has 1 nitrogen and oxygen atoms in total. The first-order chi connectivity index (χ1) is 11.5. The number of aryl methyl sites for hydroxylation is 1. The highest BCUT2D eigenvalue weighted by atomic mass is 28.3. The van der Waals surface area contributed by atoms with Crippen LogP contribution in [-0.2, 0) is 5.41 Å². The van der Waals surface area contributed by atoms with Gasteiger partial charge in [-0.25, -0.2) is 0 Å². The van der Waals surface area contributed by atoms with Crippen LogP contribution in [0.5, 0.6) is 5.75 Å². The van der Waals surface area contributed by atoms with Crippen LogP contribution < -0.4 is 5.19 Å². The molecule has 2 aliphatic carbocycles. The van der Waals surface area contributed by atoms with E-state index < -0.39 is 8.07 Å². The zero-order valence-corrected chi connectivity index (χ0v) is 17.9. The number of benzene rings is 1. The fraction of sp³-hybridized carbons (Fsp3) is 0.565. The van der Waals surface area contributed by atoms with Crippen LogP contribution in [0.25, 0.3) is 0 Å². The summed E-state index contributed by atoms with van der Waals surface area (Å²) < 4.78 is 0. The molecule has 1 N–H and O–H groups in total. The van der Waals surface area contributed by atoms with E-state index in [0.717, 1.165) is 5.56 Å². The van der Waals surface area contributed by atoms with Crippen LogP contribution in [0, 0.1) is 24.7 Å². The zero-order chi connectivity index (χ0) is 18.6. The van der Waals surface area contributed by atoms with Crippen LogP contribution >= 0.6 is 0 Å². The van der Waals surface area contributed by atoms with E-state index in [1.165, 1.54) is 17.2 Å². The lowest BCUT2D eigenvalue weighted by Gasteiger charge is -2.39. The fourth-order valence-electron chi connectivity index (χ4n) is 5.46. The summed E-state index contributed by atoms with van der Waals surface area (Å²) >= 11 is 0. The molecule has 0 radical (unpaired) electrons. The Morgan fingerprint density at radius 2 is 1.72 bits per heavy atom. The lowest BCUT2D eigenvalue weighted by Crippen LogP contribution is -2.49. The highest BCUT2D eigenvalue weighted by Gasteiger charge is 2.49. The molecule has 4 unspecified atom stereocenters. The van der Waals surface area contributed by atoms with E-state index in [0.29, 0.717) is 29.0 Å². The molecule has 1 aromatic rings. The number of phenols is 1. The van der Waals surface area contributed by atoms with Crippen LogP contribution in [0.3, 0.4) is 0 Å². The van der Waals surface area contributed by atoms with Crippen molar-refractivity contribution in [2.45, 2.75) is 65.1 Å². The first-order valence-electron chi connectivity index (χ1n) is 9.73. The van der Waals surface area contributed by atoms with Gasteiger partial charge in [0.25, 0.3) is 0 Å². The Morgan fingerprint density at radius 3 is 2.36 bits per heavy atom. The molecule has 2 aliphatic rings. The summed E-state index contributed by atoms with van der Waals surface area (Å²) in [4.78, 5) is 0. The van der Waals surface area contributed by atoms with Gasteiger partial charge in [-0.15, -0.1) is 0 Å². The minimum atomic E-state index is -1.84. The molecule has 0 bridgehead atoms. The normalized spacial score (nSPS) is 29.1. The number of phenolic OH excluding ortho intramolecular Hbond substituents is 1. The van der Waals surface area contributed by atoms with E-state index >= 15 is 0 Å². The van der Waals surface area contributed by atoms with Crippen molar-refractivity contribution in [3.05, 3.63) is 47.6 Å². The van der Waals surface area contributed by atoms with E-state index in [1.54, 1.807) is 0 Å². The number of aromatic hydroxyl groups is 1. The maximum atomic E-state index is 11.2. The third-order valence-corrected chi connectivity index (χ3v) is 10.9. The van der Waals surface area contributed by atoms with Crippen molar-refractivity contribution in [3.8, 4) is 5.75 Å². The van der Waals surface area contributed by atoms with Crippen LogP contribution in [-0.4, -0.2) is 13.2 Å². The summed E-state index contributed by atoms with van der Waals surface area (Å²) in [7, 11) is -1.84. The second kappa shape index (κ2) is 6.16. The lowest BCUT2D eigenvalue weighted by atomic mass is 9.85. The Labute approximate surface area is 154 Å². The summed E-state index contributed by atoms with van der Waals surface area (Å²) in [6.45, 7) is 16.1. The Kier molecular flexibility index (Phi) is 4.56. The van der Waals surface area contributed by atoms with Gasteiger partial charge in [0.1, 0.15) is 5.75 Å². The molecule has 2 heteroatoms. The number of rotatable bonds is 2. The van der Waals surface area contributed by atoms with Gasteiger partial charge in [0, 0.05) is 0 Å². The summed E-state index contributed by atoms with van der Waals surface area (Å²) in [5.41, 5.74) is 3.02.